The molecule has 2 aromatic rings. The molecule has 0 fully saturated rings. The van der Waals surface area contributed by atoms with Crippen molar-refractivity contribution in [1.82, 2.24) is 14.9 Å². The summed E-state index contributed by atoms with van der Waals surface area (Å²) in [5.41, 5.74) is 1.28. The number of benzene rings is 1. The maximum atomic E-state index is 12.5. The van der Waals surface area contributed by atoms with Gasteiger partial charge in [-0.2, -0.15) is 0 Å². The number of carbonyl (C=O) groups is 1. The number of aromatic nitrogens is 2. The Kier molecular flexibility index (Phi) is 6.54. The first-order valence-electron chi connectivity index (χ1n) is 8.21. The molecule has 6 nitrogen and oxygen atoms in total. The molecule has 0 saturated heterocycles. The molecule has 0 aliphatic heterocycles. The average Bonchev–Trinajstić information content (AvgIpc) is 2.62. The van der Waals surface area contributed by atoms with Crippen molar-refractivity contribution in [2.45, 2.75) is 26.7 Å². The van der Waals surface area contributed by atoms with E-state index in [1.54, 1.807) is 19.5 Å². The number of hydrogen-bond acceptors (Lipinski definition) is 5. The van der Waals surface area contributed by atoms with Crippen molar-refractivity contribution in [1.29, 1.82) is 0 Å². The standard InChI is InChI=1S/C18H24N4O2/c1-4-10-22(11-5-2)17(23)14-12-19-18(20-13-14)21-15-8-6-7-9-16(15)24-3/h6-9,12-13H,4-5,10-11H2,1-3H3,(H,19,20,21). The van der Waals surface area contributed by atoms with E-state index >= 15 is 0 Å². The van der Waals surface area contributed by atoms with Crippen molar-refractivity contribution >= 4 is 17.5 Å². The summed E-state index contributed by atoms with van der Waals surface area (Å²) in [7, 11) is 1.61. The van der Waals surface area contributed by atoms with Crippen LogP contribution < -0.4 is 10.1 Å². The van der Waals surface area contributed by atoms with Crippen LogP contribution >= 0.6 is 0 Å². The van der Waals surface area contributed by atoms with Crippen molar-refractivity contribution in [3.05, 3.63) is 42.2 Å². The SMILES string of the molecule is CCCN(CCC)C(=O)c1cnc(Nc2ccccc2OC)nc1. The molecule has 24 heavy (non-hydrogen) atoms. The minimum absolute atomic E-state index is 0.0254. The molecule has 0 spiro atoms. The van der Waals surface area contributed by atoms with Gasteiger partial charge in [0.2, 0.25) is 5.95 Å². The van der Waals surface area contributed by atoms with E-state index in [4.69, 9.17) is 4.74 Å². The molecule has 1 aromatic heterocycles. The summed E-state index contributed by atoms with van der Waals surface area (Å²) >= 11 is 0. The molecular formula is C18H24N4O2. The first-order chi connectivity index (χ1) is 11.7. The van der Waals surface area contributed by atoms with Crippen LogP contribution in [0.4, 0.5) is 11.6 Å². The number of rotatable bonds is 8. The Morgan fingerprint density at radius 2 is 1.75 bits per heavy atom. The van der Waals surface area contributed by atoms with Gasteiger partial charge in [0.05, 0.1) is 18.4 Å². The van der Waals surface area contributed by atoms with E-state index in [1.807, 2.05) is 29.2 Å². The molecule has 6 heteroatoms. The average molecular weight is 328 g/mol. The lowest BCUT2D eigenvalue weighted by Gasteiger charge is -2.21. The van der Waals surface area contributed by atoms with Gasteiger partial charge in [-0.15, -0.1) is 0 Å². The van der Waals surface area contributed by atoms with Crippen LogP contribution in [0.5, 0.6) is 5.75 Å². The largest absolute Gasteiger partial charge is 0.495 e. The zero-order chi connectivity index (χ0) is 17.4. The van der Waals surface area contributed by atoms with Crippen molar-refractivity contribution in [2.75, 3.05) is 25.5 Å². The number of amides is 1. The third kappa shape index (κ3) is 4.44. The Balaban J connectivity index is 2.11. The molecule has 0 bridgehead atoms. The highest BCUT2D eigenvalue weighted by molar-refractivity contribution is 5.93. The van der Waals surface area contributed by atoms with Gasteiger partial charge in [0, 0.05) is 25.5 Å². The summed E-state index contributed by atoms with van der Waals surface area (Å²) in [6.45, 7) is 5.61. The molecule has 0 unspecified atom stereocenters. The lowest BCUT2D eigenvalue weighted by atomic mass is 10.2. The maximum Gasteiger partial charge on any atom is 0.256 e. The monoisotopic (exact) mass is 328 g/mol. The number of ether oxygens (including phenoxy) is 1. The molecule has 1 amide bonds. The molecule has 1 heterocycles. The zero-order valence-corrected chi connectivity index (χ0v) is 14.5. The summed E-state index contributed by atoms with van der Waals surface area (Å²) in [5.74, 6) is 1.11. The van der Waals surface area contributed by atoms with E-state index in [0.29, 0.717) is 17.3 Å². The van der Waals surface area contributed by atoms with E-state index in [9.17, 15) is 4.79 Å². The zero-order valence-electron chi connectivity index (χ0n) is 14.5. The third-order valence-electron chi connectivity index (χ3n) is 3.53. The second-order valence-corrected chi connectivity index (χ2v) is 5.41. The van der Waals surface area contributed by atoms with Gasteiger partial charge in [0.1, 0.15) is 5.75 Å². The highest BCUT2D eigenvalue weighted by atomic mass is 16.5. The summed E-state index contributed by atoms with van der Waals surface area (Å²) < 4.78 is 5.29. The molecule has 0 aliphatic carbocycles. The normalized spacial score (nSPS) is 10.3. The van der Waals surface area contributed by atoms with Crippen molar-refractivity contribution in [3.8, 4) is 5.75 Å². The number of carbonyl (C=O) groups excluding carboxylic acids is 1. The van der Waals surface area contributed by atoms with Gasteiger partial charge in [-0.3, -0.25) is 4.79 Å². The van der Waals surface area contributed by atoms with Crippen LogP contribution in [-0.2, 0) is 0 Å². The van der Waals surface area contributed by atoms with E-state index in [2.05, 4.69) is 29.1 Å². The number of hydrogen-bond donors (Lipinski definition) is 1. The van der Waals surface area contributed by atoms with Crippen LogP contribution in [0.25, 0.3) is 0 Å². The van der Waals surface area contributed by atoms with Gasteiger partial charge in [-0.05, 0) is 25.0 Å². The van der Waals surface area contributed by atoms with E-state index in [0.717, 1.165) is 31.6 Å². The first kappa shape index (κ1) is 17.7. The van der Waals surface area contributed by atoms with Crippen LogP contribution in [0, 0.1) is 0 Å². The third-order valence-corrected chi connectivity index (χ3v) is 3.53. The van der Waals surface area contributed by atoms with Crippen LogP contribution in [0.2, 0.25) is 0 Å². The summed E-state index contributed by atoms with van der Waals surface area (Å²) in [5, 5.41) is 3.10. The van der Waals surface area contributed by atoms with Crippen molar-refractivity contribution in [2.24, 2.45) is 0 Å². The molecule has 128 valence electrons. The minimum Gasteiger partial charge on any atom is -0.495 e. The fraction of sp³-hybridized carbons (Fsp3) is 0.389. The molecule has 1 N–H and O–H groups in total. The van der Waals surface area contributed by atoms with Gasteiger partial charge >= 0.3 is 0 Å². The Morgan fingerprint density at radius 1 is 1.12 bits per heavy atom. The number of para-hydroxylation sites is 2. The van der Waals surface area contributed by atoms with Gasteiger partial charge in [0.25, 0.3) is 5.91 Å². The molecule has 0 atom stereocenters. The Bertz CT molecular complexity index is 652. The number of nitrogens with zero attached hydrogens (tertiary/aromatic N) is 3. The minimum atomic E-state index is -0.0254. The number of anilines is 2. The van der Waals surface area contributed by atoms with Crippen LogP contribution in [0.15, 0.2) is 36.7 Å². The molecule has 2 rings (SSSR count). The van der Waals surface area contributed by atoms with Gasteiger partial charge < -0.3 is 15.0 Å². The lowest BCUT2D eigenvalue weighted by Crippen LogP contribution is -2.32. The quantitative estimate of drug-likeness (QED) is 0.803. The second kappa shape index (κ2) is 8.86. The van der Waals surface area contributed by atoms with E-state index in [-0.39, 0.29) is 5.91 Å². The Hall–Kier alpha value is -2.63. The molecular weight excluding hydrogens is 304 g/mol. The van der Waals surface area contributed by atoms with Crippen molar-refractivity contribution in [3.63, 3.8) is 0 Å². The number of methoxy groups -OCH3 is 1. The van der Waals surface area contributed by atoms with E-state index < -0.39 is 0 Å². The lowest BCUT2D eigenvalue weighted by molar-refractivity contribution is 0.0754. The summed E-state index contributed by atoms with van der Waals surface area (Å²) in [4.78, 5) is 22.8. The molecule has 0 saturated carbocycles. The van der Waals surface area contributed by atoms with Gasteiger partial charge in [-0.25, -0.2) is 9.97 Å². The van der Waals surface area contributed by atoms with Gasteiger partial charge in [0.15, 0.2) is 0 Å². The predicted molar refractivity (Wildman–Crippen MR) is 94.8 cm³/mol. The van der Waals surface area contributed by atoms with Crippen LogP contribution in [-0.4, -0.2) is 41.0 Å². The van der Waals surface area contributed by atoms with Crippen LogP contribution in [0.3, 0.4) is 0 Å². The number of nitrogens with one attached hydrogen (secondary N) is 1. The fourth-order valence-electron chi connectivity index (χ4n) is 2.41. The maximum absolute atomic E-state index is 12.5. The van der Waals surface area contributed by atoms with E-state index in [1.165, 1.54) is 0 Å². The second-order valence-electron chi connectivity index (χ2n) is 5.41. The smallest absolute Gasteiger partial charge is 0.256 e. The fourth-order valence-corrected chi connectivity index (χ4v) is 2.41. The topological polar surface area (TPSA) is 67.4 Å². The predicted octanol–water partition coefficient (Wildman–Crippen LogP) is 3.49. The van der Waals surface area contributed by atoms with Gasteiger partial charge in [-0.1, -0.05) is 26.0 Å². The Morgan fingerprint density at radius 3 is 2.33 bits per heavy atom. The molecule has 0 radical (unpaired) electrons. The highest BCUT2D eigenvalue weighted by Gasteiger charge is 2.15. The molecule has 1 aromatic carbocycles. The Labute approximate surface area is 142 Å². The molecule has 0 aliphatic rings. The first-order valence-corrected chi connectivity index (χ1v) is 8.21. The van der Waals surface area contributed by atoms with Crippen molar-refractivity contribution < 1.29 is 9.53 Å². The summed E-state index contributed by atoms with van der Waals surface area (Å²) in [6, 6.07) is 7.53. The highest BCUT2D eigenvalue weighted by Crippen LogP contribution is 2.25. The summed E-state index contributed by atoms with van der Waals surface area (Å²) in [6.07, 6.45) is 4.98. The van der Waals surface area contributed by atoms with Crippen LogP contribution in [0.1, 0.15) is 37.0 Å².